The Morgan fingerprint density at radius 2 is 1.83 bits per heavy atom. The number of para-hydroxylation sites is 1. The minimum atomic E-state index is -0.0578. The number of hydrogen-bond donors (Lipinski definition) is 1. The summed E-state index contributed by atoms with van der Waals surface area (Å²) in [5.41, 5.74) is 1.46. The van der Waals surface area contributed by atoms with Crippen LogP contribution in [0.3, 0.4) is 0 Å². The maximum Gasteiger partial charge on any atom is 0.289 e. The molecule has 2 amide bonds. The lowest BCUT2D eigenvalue weighted by molar-refractivity contribution is 0.0655. The second kappa shape index (κ2) is 8.74. The lowest BCUT2D eigenvalue weighted by atomic mass is 9.96. The van der Waals surface area contributed by atoms with Gasteiger partial charge in [-0.3, -0.25) is 9.59 Å². The van der Waals surface area contributed by atoms with E-state index in [1.165, 1.54) is 0 Å². The van der Waals surface area contributed by atoms with Gasteiger partial charge in [0, 0.05) is 29.9 Å². The van der Waals surface area contributed by atoms with Crippen LogP contribution in [-0.4, -0.2) is 42.6 Å². The van der Waals surface area contributed by atoms with Gasteiger partial charge in [-0.1, -0.05) is 30.3 Å². The SMILES string of the molecule is CSc1ccccc1C(=O)NCC1CCN(C(=O)c2cc3ccccc3o2)CC1. The number of furan rings is 1. The van der Waals surface area contributed by atoms with E-state index in [1.807, 2.05) is 65.8 Å². The van der Waals surface area contributed by atoms with Crippen molar-refractivity contribution in [1.82, 2.24) is 10.2 Å². The number of carbonyl (C=O) groups is 2. The molecule has 6 heteroatoms. The molecule has 0 spiro atoms. The lowest BCUT2D eigenvalue weighted by Crippen LogP contribution is -2.41. The molecule has 0 aliphatic carbocycles. The number of nitrogens with one attached hydrogen (secondary N) is 1. The van der Waals surface area contributed by atoms with Gasteiger partial charge in [-0.2, -0.15) is 0 Å². The van der Waals surface area contributed by atoms with Crippen LogP contribution in [0.2, 0.25) is 0 Å². The number of nitrogens with zero attached hydrogens (tertiary/aromatic N) is 1. The highest BCUT2D eigenvalue weighted by Crippen LogP contribution is 2.24. The molecule has 0 bridgehead atoms. The van der Waals surface area contributed by atoms with E-state index in [0.717, 1.165) is 34.3 Å². The van der Waals surface area contributed by atoms with Crippen LogP contribution in [0.1, 0.15) is 33.8 Å². The summed E-state index contributed by atoms with van der Waals surface area (Å²) in [6.45, 7) is 1.99. The number of carbonyl (C=O) groups excluding carboxylic acids is 2. The van der Waals surface area contributed by atoms with Crippen LogP contribution < -0.4 is 5.32 Å². The zero-order valence-electron chi connectivity index (χ0n) is 16.4. The summed E-state index contributed by atoms with van der Waals surface area (Å²) in [6.07, 6.45) is 3.72. The van der Waals surface area contributed by atoms with Crippen molar-refractivity contribution in [3.8, 4) is 0 Å². The zero-order chi connectivity index (χ0) is 20.2. The first kappa shape index (κ1) is 19.6. The van der Waals surface area contributed by atoms with Crippen LogP contribution in [0, 0.1) is 5.92 Å². The van der Waals surface area contributed by atoms with Crippen LogP contribution in [0.4, 0.5) is 0 Å². The second-order valence-corrected chi connectivity index (χ2v) is 8.14. The summed E-state index contributed by atoms with van der Waals surface area (Å²) in [5, 5.41) is 4.01. The van der Waals surface area contributed by atoms with E-state index in [2.05, 4.69) is 5.32 Å². The normalized spacial score (nSPS) is 14.9. The first-order chi connectivity index (χ1) is 14.2. The van der Waals surface area contributed by atoms with E-state index in [1.54, 1.807) is 11.8 Å². The molecule has 150 valence electrons. The fourth-order valence-electron chi connectivity index (χ4n) is 3.75. The summed E-state index contributed by atoms with van der Waals surface area (Å²) in [7, 11) is 0. The first-order valence-electron chi connectivity index (χ1n) is 9.85. The highest BCUT2D eigenvalue weighted by molar-refractivity contribution is 7.98. The highest BCUT2D eigenvalue weighted by Gasteiger charge is 2.26. The van der Waals surface area contributed by atoms with Crippen LogP contribution in [0.25, 0.3) is 11.0 Å². The van der Waals surface area contributed by atoms with Crippen molar-refractivity contribution in [2.45, 2.75) is 17.7 Å². The Labute approximate surface area is 174 Å². The van der Waals surface area contributed by atoms with Crippen molar-refractivity contribution in [2.75, 3.05) is 25.9 Å². The smallest absolute Gasteiger partial charge is 0.289 e. The molecule has 1 aliphatic heterocycles. The first-order valence-corrected chi connectivity index (χ1v) is 11.1. The summed E-state index contributed by atoms with van der Waals surface area (Å²) in [6, 6.07) is 17.1. The van der Waals surface area contributed by atoms with Crippen LogP contribution in [0.15, 0.2) is 63.9 Å². The maximum atomic E-state index is 12.8. The molecule has 2 aromatic carbocycles. The molecule has 0 saturated carbocycles. The topological polar surface area (TPSA) is 62.6 Å². The fraction of sp³-hybridized carbons (Fsp3) is 0.304. The van der Waals surface area contributed by atoms with Crippen LogP contribution in [0.5, 0.6) is 0 Å². The molecule has 0 atom stereocenters. The Bertz CT molecular complexity index is 989. The Morgan fingerprint density at radius 1 is 1.10 bits per heavy atom. The predicted octanol–water partition coefficient (Wildman–Crippen LogP) is 4.44. The Kier molecular flexibility index (Phi) is 5.90. The minimum Gasteiger partial charge on any atom is -0.451 e. The van der Waals surface area contributed by atoms with E-state index in [4.69, 9.17) is 4.42 Å². The van der Waals surface area contributed by atoms with E-state index in [9.17, 15) is 9.59 Å². The number of rotatable bonds is 5. The van der Waals surface area contributed by atoms with Gasteiger partial charge in [0.15, 0.2) is 5.76 Å². The number of fused-ring (bicyclic) bond motifs is 1. The number of benzene rings is 2. The van der Waals surface area contributed by atoms with Crippen molar-refractivity contribution in [1.29, 1.82) is 0 Å². The molecule has 5 nitrogen and oxygen atoms in total. The van der Waals surface area contributed by atoms with Crippen molar-refractivity contribution < 1.29 is 14.0 Å². The molecule has 1 fully saturated rings. The molecule has 2 heterocycles. The average molecular weight is 409 g/mol. The Balaban J connectivity index is 1.30. The van der Waals surface area contributed by atoms with Crippen LogP contribution in [-0.2, 0) is 0 Å². The lowest BCUT2D eigenvalue weighted by Gasteiger charge is -2.31. The van der Waals surface area contributed by atoms with Crippen molar-refractivity contribution in [2.24, 2.45) is 5.92 Å². The van der Waals surface area contributed by atoms with Gasteiger partial charge >= 0.3 is 0 Å². The number of piperidine rings is 1. The summed E-state index contributed by atoms with van der Waals surface area (Å²) >= 11 is 1.57. The summed E-state index contributed by atoms with van der Waals surface area (Å²) < 4.78 is 5.71. The highest BCUT2D eigenvalue weighted by atomic mass is 32.2. The largest absolute Gasteiger partial charge is 0.451 e. The van der Waals surface area contributed by atoms with Gasteiger partial charge < -0.3 is 14.6 Å². The summed E-state index contributed by atoms with van der Waals surface area (Å²) in [4.78, 5) is 28.1. The van der Waals surface area contributed by atoms with Gasteiger partial charge in [0.05, 0.1) is 5.56 Å². The molecule has 1 aliphatic rings. The zero-order valence-corrected chi connectivity index (χ0v) is 17.2. The molecule has 29 heavy (non-hydrogen) atoms. The van der Waals surface area contributed by atoms with E-state index >= 15 is 0 Å². The maximum absolute atomic E-state index is 12.8. The average Bonchev–Trinajstić information content (AvgIpc) is 3.21. The molecule has 1 aromatic heterocycles. The number of hydrogen-bond acceptors (Lipinski definition) is 4. The molecular formula is C23H24N2O3S. The number of likely N-dealkylation sites (tertiary alicyclic amines) is 1. The number of amides is 2. The minimum absolute atomic E-state index is 0.0317. The standard InChI is InChI=1S/C23H24N2O3S/c1-29-21-9-5-3-7-18(21)22(26)24-15-16-10-12-25(13-11-16)23(27)20-14-17-6-2-4-8-19(17)28-20/h2-9,14,16H,10-13,15H2,1H3,(H,24,26). The fourth-order valence-corrected chi connectivity index (χ4v) is 4.34. The van der Waals surface area contributed by atoms with Gasteiger partial charge in [-0.05, 0) is 49.3 Å². The van der Waals surface area contributed by atoms with Gasteiger partial charge in [-0.25, -0.2) is 0 Å². The van der Waals surface area contributed by atoms with E-state index < -0.39 is 0 Å². The van der Waals surface area contributed by atoms with Crippen molar-refractivity contribution >= 4 is 34.5 Å². The molecule has 1 N–H and O–H groups in total. The molecule has 4 rings (SSSR count). The van der Waals surface area contributed by atoms with E-state index in [-0.39, 0.29) is 11.8 Å². The third-order valence-corrected chi connectivity index (χ3v) is 6.24. The van der Waals surface area contributed by atoms with Crippen molar-refractivity contribution in [3.63, 3.8) is 0 Å². The Morgan fingerprint density at radius 3 is 2.59 bits per heavy atom. The predicted molar refractivity (Wildman–Crippen MR) is 115 cm³/mol. The molecule has 0 radical (unpaired) electrons. The third-order valence-electron chi connectivity index (χ3n) is 5.44. The molecular weight excluding hydrogens is 384 g/mol. The second-order valence-electron chi connectivity index (χ2n) is 7.29. The van der Waals surface area contributed by atoms with Gasteiger partial charge in [-0.15, -0.1) is 11.8 Å². The van der Waals surface area contributed by atoms with Gasteiger partial charge in [0.25, 0.3) is 11.8 Å². The number of thioether (sulfide) groups is 1. The molecule has 1 saturated heterocycles. The van der Waals surface area contributed by atoms with Crippen LogP contribution >= 0.6 is 11.8 Å². The van der Waals surface area contributed by atoms with Gasteiger partial charge in [0.1, 0.15) is 5.58 Å². The monoisotopic (exact) mass is 408 g/mol. The third kappa shape index (κ3) is 4.32. The molecule has 0 unspecified atom stereocenters. The van der Waals surface area contributed by atoms with Crippen molar-refractivity contribution in [3.05, 3.63) is 65.9 Å². The summed E-state index contributed by atoms with van der Waals surface area (Å²) in [5.74, 6) is 0.681. The van der Waals surface area contributed by atoms with Gasteiger partial charge in [0.2, 0.25) is 0 Å². The quantitative estimate of drug-likeness (QED) is 0.634. The van der Waals surface area contributed by atoms with E-state index in [0.29, 0.717) is 31.3 Å². The Hall–Kier alpha value is -2.73. The molecule has 3 aromatic rings.